The van der Waals surface area contributed by atoms with Gasteiger partial charge in [0, 0.05) is 23.5 Å². The van der Waals surface area contributed by atoms with Crippen LogP contribution in [0.25, 0.3) is 0 Å². The minimum absolute atomic E-state index is 0.168. The van der Waals surface area contributed by atoms with Crippen molar-refractivity contribution in [2.24, 2.45) is 0 Å². The first-order chi connectivity index (χ1) is 12.1. The van der Waals surface area contributed by atoms with Crippen molar-refractivity contribution in [3.63, 3.8) is 0 Å². The Morgan fingerprint density at radius 1 is 1.16 bits per heavy atom. The number of hydrogen-bond donors (Lipinski definition) is 1. The summed E-state index contributed by atoms with van der Waals surface area (Å²) in [6, 6.07) is 15.0. The monoisotopic (exact) mass is 336 g/mol. The molecule has 0 saturated heterocycles. The van der Waals surface area contributed by atoms with Crippen molar-refractivity contribution < 1.29 is 13.9 Å². The molecule has 1 N–H and O–H groups in total. The first kappa shape index (κ1) is 16.6. The number of hydrogen-bond acceptors (Lipinski definition) is 3. The fourth-order valence-electron chi connectivity index (χ4n) is 2.28. The van der Waals surface area contributed by atoms with Crippen molar-refractivity contribution in [3.8, 4) is 5.75 Å². The van der Waals surface area contributed by atoms with E-state index in [1.165, 1.54) is 6.07 Å². The van der Waals surface area contributed by atoms with Crippen LogP contribution < -0.4 is 10.1 Å². The minimum atomic E-state index is -0.463. The Morgan fingerprint density at radius 2 is 1.96 bits per heavy atom. The van der Waals surface area contributed by atoms with E-state index in [2.05, 4.69) is 10.3 Å². The minimum Gasteiger partial charge on any atom is -0.489 e. The predicted octanol–water partition coefficient (Wildman–Crippen LogP) is 4.36. The molecule has 0 fully saturated rings. The van der Waals surface area contributed by atoms with Gasteiger partial charge in [0.2, 0.25) is 0 Å². The third kappa shape index (κ3) is 4.41. The number of anilines is 1. The number of carbonyl (C=O) groups is 1. The number of benzene rings is 2. The first-order valence-corrected chi connectivity index (χ1v) is 7.81. The zero-order valence-electron chi connectivity index (χ0n) is 13.7. The van der Waals surface area contributed by atoms with Gasteiger partial charge in [-0.3, -0.25) is 9.78 Å². The van der Waals surface area contributed by atoms with Crippen LogP contribution in [0.4, 0.5) is 10.1 Å². The lowest BCUT2D eigenvalue weighted by Gasteiger charge is -2.09. The highest BCUT2D eigenvalue weighted by molar-refractivity contribution is 6.04. The summed E-state index contributed by atoms with van der Waals surface area (Å²) in [5.41, 5.74) is 2.42. The summed E-state index contributed by atoms with van der Waals surface area (Å²) < 4.78 is 19.4. The molecule has 3 aromatic rings. The van der Waals surface area contributed by atoms with Crippen molar-refractivity contribution in [3.05, 3.63) is 89.5 Å². The Labute approximate surface area is 145 Å². The van der Waals surface area contributed by atoms with Crippen LogP contribution >= 0.6 is 0 Å². The summed E-state index contributed by atoms with van der Waals surface area (Å²) in [5, 5.41) is 2.58. The van der Waals surface area contributed by atoms with E-state index in [0.29, 0.717) is 17.9 Å². The summed E-state index contributed by atoms with van der Waals surface area (Å²) in [6.07, 6.45) is 3.44. The van der Waals surface area contributed by atoms with Crippen LogP contribution in [0.1, 0.15) is 21.5 Å². The van der Waals surface area contributed by atoms with Crippen LogP contribution in [0.15, 0.2) is 67.0 Å². The fourth-order valence-corrected chi connectivity index (χ4v) is 2.28. The van der Waals surface area contributed by atoms with E-state index in [-0.39, 0.29) is 11.6 Å². The maximum atomic E-state index is 13.7. The van der Waals surface area contributed by atoms with Gasteiger partial charge in [0.15, 0.2) is 0 Å². The Balaban J connectivity index is 1.63. The zero-order valence-corrected chi connectivity index (χ0v) is 13.7. The molecule has 4 nitrogen and oxygen atoms in total. The number of aromatic nitrogens is 1. The Bertz CT molecular complexity index is 865. The van der Waals surface area contributed by atoms with Crippen LogP contribution in [0.3, 0.4) is 0 Å². The van der Waals surface area contributed by atoms with Crippen molar-refractivity contribution in [1.82, 2.24) is 4.98 Å². The summed E-state index contributed by atoms with van der Waals surface area (Å²) in [5.74, 6) is -0.194. The van der Waals surface area contributed by atoms with E-state index in [0.717, 1.165) is 11.1 Å². The molecule has 0 radical (unpaired) electrons. The highest BCUT2D eigenvalue weighted by Gasteiger charge is 2.10. The third-order valence-corrected chi connectivity index (χ3v) is 3.61. The van der Waals surface area contributed by atoms with Gasteiger partial charge in [-0.2, -0.15) is 0 Å². The van der Waals surface area contributed by atoms with E-state index in [4.69, 9.17) is 4.74 Å². The first-order valence-electron chi connectivity index (χ1n) is 7.81. The van der Waals surface area contributed by atoms with Crippen molar-refractivity contribution in [2.75, 3.05) is 5.32 Å². The number of rotatable bonds is 5. The molecule has 0 aliphatic rings. The molecule has 126 valence electrons. The van der Waals surface area contributed by atoms with Crippen molar-refractivity contribution in [2.45, 2.75) is 13.5 Å². The third-order valence-electron chi connectivity index (χ3n) is 3.61. The van der Waals surface area contributed by atoms with Gasteiger partial charge in [0.25, 0.3) is 5.91 Å². The summed E-state index contributed by atoms with van der Waals surface area (Å²) in [7, 11) is 0. The van der Waals surface area contributed by atoms with E-state index in [1.54, 1.807) is 48.8 Å². The number of carbonyl (C=O) groups excluding carboxylic acids is 1. The molecule has 0 aliphatic heterocycles. The number of ether oxygens (including phenoxy) is 1. The summed E-state index contributed by atoms with van der Waals surface area (Å²) in [4.78, 5) is 16.3. The molecule has 2 aromatic carbocycles. The SMILES string of the molecule is Cc1ccc(F)c(NC(=O)c2ccc(OCc3cccnc3)cc2)c1. The molecule has 0 atom stereocenters. The van der Waals surface area contributed by atoms with Gasteiger partial charge in [-0.1, -0.05) is 12.1 Å². The highest BCUT2D eigenvalue weighted by atomic mass is 19.1. The van der Waals surface area contributed by atoms with Gasteiger partial charge in [-0.15, -0.1) is 0 Å². The number of amides is 1. The van der Waals surface area contributed by atoms with Crippen LogP contribution in [-0.2, 0) is 6.61 Å². The average molecular weight is 336 g/mol. The van der Waals surface area contributed by atoms with Crippen LogP contribution in [0.2, 0.25) is 0 Å². The lowest BCUT2D eigenvalue weighted by molar-refractivity contribution is 0.102. The standard InChI is InChI=1S/C20H17FN2O2/c1-14-4-9-18(21)19(11-14)23-20(24)16-5-7-17(8-6-16)25-13-15-3-2-10-22-12-15/h2-12H,13H2,1H3,(H,23,24). The largest absolute Gasteiger partial charge is 0.489 e. The second kappa shape index (κ2) is 7.57. The molecule has 25 heavy (non-hydrogen) atoms. The highest BCUT2D eigenvalue weighted by Crippen LogP contribution is 2.18. The summed E-state index contributed by atoms with van der Waals surface area (Å²) in [6.45, 7) is 2.23. The Morgan fingerprint density at radius 3 is 2.68 bits per heavy atom. The normalized spacial score (nSPS) is 10.3. The van der Waals surface area contributed by atoms with Gasteiger partial charge in [0.1, 0.15) is 18.2 Å². The van der Waals surface area contributed by atoms with E-state index in [1.807, 2.05) is 19.1 Å². The van der Waals surface area contributed by atoms with Gasteiger partial charge >= 0.3 is 0 Å². The molecule has 0 spiro atoms. The number of nitrogens with zero attached hydrogens (tertiary/aromatic N) is 1. The van der Waals surface area contributed by atoms with Crippen molar-refractivity contribution >= 4 is 11.6 Å². The maximum absolute atomic E-state index is 13.7. The quantitative estimate of drug-likeness (QED) is 0.753. The Kier molecular flexibility index (Phi) is 5.04. The molecule has 5 heteroatoms. The van der Waals surface area contributed by atoms with E-state index in [9.17, 15) is 9.18 Å². The van der Waals surface area contributed by atoms with Gasteiger partial charge in [0.05, 0.1) is 5.69 Å². The Hall–Kier alpha value is -3.21. The lowest BCUT2D eigenvalue weighted by Crippen LogP contribution is -2.13. The van der Waals surface area contributed by atoms with Crippen LogP contribution in [0.5, 0.6) is 5.75 Å². The zero-order chi connectivity index (χ0) is 17.6. The topological polar surface area (TPSA) is 51.2 Å². The molecule has 0 bridgehead atoms. The molecule has 0 saturated carbocycles. The molecular formula is C20H17FN2O2. The molecule has 3 rings (SSSR count). The fraction of sp³-hybridized carbons (Fsp3) is 0.100. The van der Waals surface area contributed by atoms with Crippen LogP contribution in [0, 0.1) is 12.7 Å². The molecule has 1 amide bonds. The maximum Gasteiger partial charge on any atom is 0.255 e. The number of pyridine rings is 1. The summed E-state index contributed by atoms with van der Waals surface area (Å²) >= 11 is 0. The molecular weight excluding hydrogens is 319 g/mol. The number of nitrogens with one attached hydrogen (secondary N) is 1. The molecule has 1 aromatic heterocycles. The lowest BCUT2D eigenvalue weighted by atomic mass is 10.1. The van der Waals surface area contributed by atoms with Crippen molar-refractivity contribution in [1.29, 1.82) is 0 Å². The van der Waals surface area contributed by atoms with Gasteiger partial charge in [-0.25, -0.2) is 4.39 Å². The van der Waals surface area contributed by atoms with E-state index >= 15 is 0 Å². The number of aryl methyl sites for hydroxylation is 1. The second-order valence-electron chi connectivity index (χ2n) is 5.61. The number of halogens is 1. The van der Waals surface area contributed by atoms with Gasteiger partial charge in [-0.05, 0) is 55.0 Å². The smallest absolute Gasteiger partial charge is 0.255 e. The average Bonchev–Trinajstić information content (AvgIpc) is 2.64. The van der Waals surface area contributed by atoms with Crippen LogP contribution in [-0.4, -0.2) is 10.9 Å². The second-order valence-corrected chi connectivity index (χ2v) is 5.61. The molecule has 0 aliphatic carbocycles. The molecule has 1 heterocycles. The van der Waals surface area contributed by atoms with E-state index < -0.39 is 5.82 Å². The predicted molar refractivity (Wildman–Crippen MR) is 94.1 cm³/mol. The van der Waals surface area contributed by atoms with Gasteiger partial charge < -0.3 is 10.1 Å². The molecule has 0 unspecified atom stereocenters.